The number of methoxy groups -OCH3 is 2. The summed E-state index contributed by atoms with van der Waals surface area (Å²) in [6.45, 7) is 2.87. The molecule has 1 heterocycles. The molecule has 1 aliphatic rings. The van der Waals surface area contributed by atoms with Crippen molar-refractivity contribution in [2.75, 3.05) is 20.8 Å². The topological polar surface area (TPSA) is 59.6 Å². The van der Waals surface area contributed by atoms with Gasteiger partial charge in [0.15, 0.2) is 0 Å². The third-order valence-corrected chi connectivity index (χ3v) is 3.64. The fraction of sp³-hybridized carbons (Fsp3) is 0.533. The van der Waals surface area contributed by atoms with Gasteiger partial charge in [0.05, 0.1) is 26.3 Å². The molecule has 1 amide bonds. The van der Waals surface area contributed by atoms with E-state index >= 15 is 0 Å². The monoisotopic (exact) mass is 278 g/mol. The summed E-state index contributed by atoms with van der Waals surface area (Å²) in [7, 11) is 3.23. The van der Waals surface area contributed by atoms with Crippen LogP contribution in [0.1, 0.15) is 31.4 Å². The van der Waals surface area contributed by atoms with Gasteiger partial charge in [0.25, 0.3) is 0 Å². The molecular weight excluding hydrogens is 256 g/mol. The van der Waals surface area contributed by atoms with Gasteiger partial charge in [-0.25, -0.2) is 0 Å². The molecule has 0 aliphatic carbocycles. The van der Waals surface area contributed by atoms with E-state index in [0.29, 0.717) is 0 Å². The van der Waals surface area contributed by atoms with Crippen LogP contribution in [0.15, 0.2) is 18.2 Å². The van der Waals surface area contributed by atoms with Crippen molar-refractivity contribution in [3.8, 4) is 11.5 Å². The molecule has 2 rings (SSSR count). The molecule has 2 N–H and O–H groups in total. The average Bonchev–Trinajstić information content (AvgIpc) is 3.00. The smallest absolute Gasteiger partial charge is 0.237 e. The molecule has 1 saturated heterocycles. The zero-order valence-electron chi connectivity index (χ0n) is 12.2. The third kappa shape index (κ3) is 3.22. The van der Waals surface area contributed by atoms with E-state index in [1.807, 2.05) is 25.1 Å². The van der Waals surface area contributed by atoms with Crippen molar-refractivity contribution >= 4 is 5.91 Å². The summed E-state index contributed by atoms with van der Waals surface area (Å²) < 4.78 is 10.5. The van der Waals surface area contributed by atoms with Gasteiger partial charge in [0, 0.05) is 11.6 Å². The van der Waals surface area contributed by atoms with Gasteiger partial charge in [-0.1, -0.05) is 0 Å². The highest BCUT2D eigenvalue weighted by Gasteiger charge is 2.24. The van der Waals surface area contributed by atoms with E-state index < -0.39 is 0 Å². The van der Waals surface area contributed by atoms with E-state index in [4.69, 9.17) is 9.47 Å². The molecule has 0 spiro atoms. The van der Waals surface area contributed by atoms with Crippen LogP contribution in [0.3, 0.4) is 0 Å². The molecule has 0 aromatic heterocycles. The van der Waals surface area contributed by atoms with Crippen LogP contribution >= 0.6 is 0 Å². The number of nitrogens with one attached hydrogen (secondary N) is 2. The van der Waals surface area contributed by atoms with Crippen molar-refractivity contribution < 1.29 is 14.3 Å². The van der Waals surface area contributed by atoms with Gasteiger partial charge in [-0.15, -0.1) is 0 Å². The fourth-order valence-corrected chi connectivity index (χ4v) is 2.48. The number of hydrogen-bond acceptors (Lipinski definition) is 4. The summed E-state index contributed by atoms with van der Waals surface area (Å²) in [6, 6.07) is 5.44. The fourth-order valence-electron chi connectivity index (χ4n) is 2.48. The van der Waals surface area contributed by atoms with Crippen LogP contribution in [0.5, 0.6) is 11.5 Å². The number of hydrogen-bond donors (Lipinski definition) is 2. The van der Waals surface area contributed by atoms with Crippen LogP contribution in [0.2, 0.25) is 0 Å². The quantitative estimate of drug-likeness (QED) is 0.859. The lowest BCUT2D eigenvalue weighted by molar-refractivity contribution is -0.123. The summed E-state index contributed by atoms with van der Waals surface area (Å²) in [5.41, 5.74) is 0.944. The van der Waals surface area contributed by atoms with Crippen molar-refractivity contribution in [2.45, 2.75) is 31.8 Å². The van der Waals surface area contributed by atoms with Gasteiger partial charge in [-0.05, 0) is 38.4 Å². The minimum absolute atomic E-state index is 0.0490. The van der Waals surface area contributed by atoms with Crippen molar-refractivity contribution in [1.29, 1.82) is 0 Å². The molecule has 1 aromatic rings. The molecule has 1 aromatic carbocycles. The van der Waals surface area contributed by atoms with Crippen LogP contribution in [0, 0.1) is 0 Å². The molecule has 20 heavy (non-hydrogen) atoms. The first-order valence-corrected chi connectivity index (χ1v) is 6.91. The Morgan fingerprint density at radius 3 is 2.80 bits per heavy atom. The average molecular weight is 278 g/mol. The molecule has 110 valence electrons. The van der Waals surface area contributed by atoms with Gasteiger partial charge in [-0.3, -0.25) is 4.79 Å². The highest BCUT2D eigenvalue weighted by atomic mass is 16.5. The standard InChI is InChI=1S/C15H22N2O3/c1-10(17-15(18)13-5-4-8-16-13)12-7-6-11(19-2)9-14(12)20-3/h6-7,9-10,13,16H,4-5,8H2,1-3H3,(H,17,18). The normalized spacial score (nSPS) is 19.4. The maximum atomic E-state index is 12.1. The van der Waals surface area contributed by atoms with E-state index in [2.05, 4.69) is 10.6 Å². The Hall–Kier alpha value is -1.75. The molecule has 2 unspecified atom stereocenters. The molecule has 5 heteroatoms. The highest BCUT2D eigenvalue weighted by Crippen LogP contribution is 2.29. The van der Waals surface area contributed by atoms with E-state index in [-0.39, 0.29) is 18.0 Å². The minimum Gasteiger partial charge on any atom is -0.497 e. The molecule has 1 aliphatic heterocycles. The van der Waals surface area contributed by atoms with Gasteiger partial charge >= 0.3 is 0 Å². The largest absolute Gasteiger partial charge is 0.497 e. The van der Waals surface area contributed by atoms with Crippen LogP contribution in [-0.2, 0) is 4.79 Å². The first-order valence-electron chi connectivity index (χ1n) is 6.91. The molecule has 0 bridgehead atoms. The number of carbonyl (C=O) groups is 1. The lowest BCUT2D eigenvalue weighted by Gasteiger charge is -2.20. The lowest BCUT2D eigenvalue weighted by Crippen LogP contribution is -2.41. The second-order valence-electron chi connectivity index (χ2n) is 4.99. The van der Waals surface area contributed by atoms with E-state index in [1.54, 1.807) is 14.2 Å². The summed E-state index contributed by atoms with van der Waals surface area (Å²) in [5, 5.41) is 6.22. The zero-order valence-corrected chi connectivity index (χ0v) is 12.2. The van der Waals surface area contributed by atoms with E-state index in [1.165, 1.54) is 0 Å². The Labute approximate surface area is 119 Å². The number of amides is 1. The summed E-state index contributed by atoms with van der Waals surface area (Å²) in [5.74, 6) is 1.51. The molecule has 1 fully saturated rings. The van der Waals surface area contributed by atoms with Crippen LogP contribution in [0.25, 0.3) is 0 Å². The molecule has 2 atom stereocenters. The highest BCUT2D eigenvalue weighted by molar-refractivity contribution is 5.82. The second-order valence-corrected chi connectivity index (χ2v) is 4.99. The van der Waals surface area contributed by atoms with Gasteiger partial charge in [0.2, 0.25) is 5.91 Å². The first-order chi connectivity index (χ1) is 9.65. The Bertz CT molecular complexity index is 470. The first kappa shape index (κ1) is 14.7. The molecule has 0 saturated carbocycles. The molecule has 5 nitrogen and oxygen atoms in total. The summed E-state index contributed by atoms with van der Waals surface area (Å²) >= 11 is 0. The van der Waals surface area contributed by atoms with Crippen LogP contribution in [0.4, 0.5) is 0 Å². The summed E-state index contributed by atoms with van der Waals surface area (Å²) in [4.78, 5) is 12.1. The van der Waals surface area contributed by atoms with E-state index in [0.717, 1.165) is 36.4 Å². The zero-order chi connectivity index (χ0) is 14.5. The maximum Gasteiger partial charge on any atom is 0.237 e. The number of carbonyl (C=O) groups excluding carboxylic acids is 1. The predicted molar refractivity (Wildman–Crippen MR) is 77.1 cm³/mol. The molecule has 0 radical (unpaired) electrons. The Kier molecular flexibility index (Phi) is 4.84. The van der Waals surface area contributed by atoms with E-state index in [9.17, 15) is 4.79 Å². The molecular formula is C15H22N2O3. The van der Waals surface area contributed by atoms with Gasteiger partial charge < -0.3 is 20.1 Å². The van der Waals surface area contributed by atoms with Gasteiger partial charge in [0.1, 0.15) is 11.5 Å². The van der Waals surface area contributed by atoms with Crippen LogP contribution in [-0.4, -0.2) is 32.7 Å². The predicted octanol–water partition coefficient (Wildman–Crippen LogP) is 1.63. The van der Waals surface area contributed by atoms with Crippen molar-refractivity contribution in [3.05, 3.63) is 23.8 Å². The number of ether oxygens (including phenoxy) is 2. The third-order valence-electron chi connectivity index (χ3n) is 3.64. The second kappa shape index (κ2) is 6.61. The SMILES string of the molecule is COc1ccc(C(C)NC(=O)C2CCCN2)c(OC)c1. The Morgan fingerprint density at radius 2 is 2.20 bits per heavy atom. The van der Waals surface area contributed by atoms with Crippen molar-refractivity contribution in [2.24, 2.45) is 0 Å². The minimum atomic E-state index is -0.106. The number of benzene rings is 1. The number of rotatable bonds is 5. The van der Waals surface area contributed by atoms with Crippen molar-refractivity contribution in [3.63, 3.8) is 0 Å². The lowest BCUT2D eigenvalue weighted by atomic mass is 10.1. The summed E-state index contributed by atoms with van der Waals surface area (Å²) in [6.07, 6.45) is 1.95. The van der Waals surface area contributed by atoms with Crippen LogP contribution < -0.4 is 20.1 Å². The van der Waals surface area contributed by atoms with Crippen molar-refractivity contribution in [1.82, 2.24) is 10.6 Å². The van der Waals surface area contributed by atoms with Gasteiger partial charge in [-0.2, -0.15) is 0 Å². The maximum absolute atomic E-state index is 12.1. The Balaban J connectivity index is 2.07. The Morgan fingerprint density at radius 1 is 1.40 bits per heavy atom.